The summed E-state index contributed by atoms with van der Waals surface area (Å²) in [5, 5.41) is 6.01. The first-order valence-corrected chi connectivity index (χ1v) is 7.92. The van der Waals surface area contributed by atoms with Crippen molar-refractivity contribution in [2.75, 3.05) is 10.6 Å². The van der Waals surface area contributed by atoms with Crippen LogP contribution >= 0.6 is 11.6 Å². The molecule has 0 bridgehead atoms. The van der Waals surface area contributed by atoms with Crippen LogP contribution in [0.5, 0.6) is 0 Å². The van der Waals surface area contributed by atoms with Crippen molar-refractivity contribution in [3.63, 3.8) is 0 Å². The zero-order valence-electron chi connectivity index (χ0n) is 13.6. The van der Waals surface area contributed by atoms with Gasteiger partial charge in [-0.05, 0) is 42.8 Å². The molecular weight excluding hydrogens is 362 g/mol. The molecule has 0 aliphatic carbocycles. The van der Waals surface area contributed by atoms with Gasteiger partial charge < -0.3 is 10.6 Å². The second kappa shape index (κ2) is 7.45. The zero-order chi connectivity index (χ0) is 18.7. The van der Waals surface area contributed by atoms with Gasteiger partial charge in [0.25, 0.3) is 5.91 Å². The number of nitrogens with zero attached hydrogens (tertiary/aromatic N) is 2. The number of benzene rings is 2. The molecule has 8 heteroatoms. The summed E-state index contributed by atoms with van der Waals surface area (Å²) < 4.78 is 26.5. The van der Waals surface area contributed by atoms with Gasteiger partial charge in [-0.3, -0.25) is 4.79 Å². The third-order valence-corrected chi connectivity index (χ3v) is 3.75. The molecule has 0 saturated heterocycles. The van der Waals surface area contributed by atoms with Crippen LogP contribution in [0, 0.1) is 18.6 Å². The van der Waals surface area contributed by atoms with E-state index < -0.39 is 17.5 Å². The Bertz CT molecular complexity index is 964. The molecule has 5 nitrogen and oxygen atoms in total. The normalized spacial score (nSPS) is 10.5. The summed E-state index contributed by atoms with van der Waals surface area (Å²) in [6.45, 7) is 1.89. The first-order chi connectivity index (χ1) is 12.4. The van der Waals surface area contributed by atoms with Crippen molar-refractivity contribution in [3.8, 4) is 0 Å². The maximum Gasteiger partial charge on any atom is 0.275 e. The average molecular weight is 375 g/mol. The zero-order valence-corrected chi connectivity index (χ0v) is 14.3. The third kappa shape index (κ3) is 4.12. The van der Waals surface area contributed by atoms with Crippen LogP contribution in [0.25, 0.3) is 0 Å². The second-order valence-corrected chi connectivity index (χ2v) is 5.89. The van der Waals surface area contributed by atoms with Gasteiger partial charge in [-0.15, -0.1) is 0 Å². The Kier molecular flexibility index (Phi) is 5.09. The largest absolute Gasteiger partial charge is 0.339 e. The van der Waals surface area contributed by atoms with E-state index in [0.29, 0.717) is 16.9 Å². The number of carbonyl (C=O) groups excluding carboxylic acids is 1. The van der Waals surface area contributed by atoms with Gasteiger partial charge in [-0.2, -0.15) is 0 Å². The third-order valence-electron chi connectivity index (χ3n) is 3.52. The van der Waals surface area contributed by atoms with Gasteiger partial charge in [0.15, 0.2) is 0 Å². The fourth-order valence-corrected chi connectivity index (χ4v) is 2.42. The lowest BCUT2D eigenvalue weighted by atomic mass is 10.2. The van der Waals surface area contributed by atoms with Gasteiger partial charge in [0.2, 0.25) is 0 Å². The van der Waals surface area contributed by atoms with Gasteiger partial charge in [-0.25, -0.2) is 18.7 Å². The molecule has 0 atom stereocenters. The number of anilines is 3. The van der Waals surface area contributed by atoms with Crippen LogP contribution in [0.15, 0.2) is 48.8 Å². The Morgan fingerprint density at radius 1 is 1.04 bits per heavy atom. The Balaban J connectivity index is 1.71. The van der Waals surface area contributed by atoms with E-state index in [0.717, 1.165) is 23.4 Å². The molecule has 1 heterocycles. The molecule has 0 saturated carbocycles. The Hall–Kier alpha value is -3.06. The van der Waals surface area contributed by atoms with Crippen LogP contribution in [0.3, 0.4) is 0 Å². The van der Waals surface area contributed by atoms with Crippen molar-refractivity contribution in [2.45, 2.75) is 6.92 Å². The van der Waals surface area contributed by atoms with Gasteiger partial charge in [0, 0.05) is 16.8 Å². The van der Waals surface area contributed by atoms with E-state index in [-0.39, 0.29) is 11.4 Å². The molecule has 3 aromatic rings. The fourth-order valence-electron chi connectivity index (χ4n) is 2.19. The number of nitrogens with one attached hydrogen (secondary N) is 2. The summed E-state index contributed by atoms with van der Waals surface area (Å²) >= 11 is 5.91. The molecule has 3 rings (SSSR count). The van der Waals surface area contributed by atoms with E-state index in [9.17, 15) is 13.6 Å². The molecule has 0 fully saturated rings. The molecule has 0 aliphatic heterocycles. The molecule has 2 N–H and O–H groups in total. The van der Waals surface area contributed by atoms with Gasteiger partial charge >= 0.3 is 0 Å². The smallest absolute Gasteiger partial charge is 0.275 e. The van der Waals surface area contributed by atoms with Crippen molar-refractivity contribution < 1.29 is 13.6 Å². The minimum atomic E-state index is -0.872. The quantitative estimate of drug-likeness (QED) is 0.694. The van der Waals surface area contributed by atoms with Crippen molar-refractivity contribution in [1.29, 1.82) is 0 Å². The molecule has 0 aliphatic rings. The maximum absolute atomic E-state index is 13.6. The molecule has 1 amide bonds. The van der Waals surface area contributed by atoms with Gasteiger partial charge in [0.05, 0.1) is 18.1 Å². The van der Waals surface area contributed by atoms with Crippen LogP contribution < -0.4 is 10.6 Å². The van der Waals surface area contributed by atoms with E-state index >= 15 is 0 Å². The lowest BCUT2D eigenvalue weighted by Crippen LogP contribution is -2.15. The SMILES string of the molecule is Cc1cc(Cl)ccc1Nc1cnc(C(=O)Nc2ccc(F)cc2F)cn1. The molecular formula is C18H13ClF2N4O. The lowest BCUT2D eigenvalue weighted by Gasteiger charge is -2.09. The summed E-state index contributed by atoms with van der Waals surface area (Å²) in [5.41, 5.74) is 1.58. The highest BCUT2D eigenvalue weighted by atomic mass is 35.5. The molecule has 26 heavy (non-hydrogen) atoms. The van der Waals surface area contributed by atoms with Crippen molar-refractivity contribution in [1.82, 2.24) is 9.97 Å². The Morgan fingerprint density at radius 2 is 1.81 bits per heavy atom. The number of hydrogen-bond donors (Lipinski definition) is 2. The number of hydrogen-bond acceptors (Lipinski definition) is 4. The molecule has 2 aromatic carbocycles. The van der Waals surface area contributed by atoms with E-state index in [1.807, 2.05) is 6.92 Å². The predicted octanol–water partition coefficient (Wildman–Crippen LogP) is 4.71. The van der Waals surface area contributed by atoms with E-state index in [2.05, 4.69) is 20.6 Å². The molecule has 1 aromatic heterocycles. The van der Waals surface area contributed by atoms with Crippen molar-refractivity contribution in [2.24, 2.45) is 0 Å². The van der Waals surface area contributed by atoms with Crippen LogP contribution in [0.4, 0.5) is 26.0 Å². The van der Waals surface area contributed by atoms with Crippen LogP contribution in [0.1, 0.15) is 16.1 Å². The highest BCUT2D eigenvalue weighted by molar-refractivity contribution is 6.30. The van der Waals surface area contributed by atoms with Gasteiger partial charge in [0.1, 0.15) is 23.1 Å². The van der Waals surface area contributed by atoms with Gasteiger partial charge in [-0.1, -0.05) is 11.6 Å². The molecule has 0 unspecified atom stereocenters. The Morgan fingerprint density at radius 3 is 2.46 bits per heavy atom. The van der Waals surface area contributed by atoms with Crippen LogP contribution in [-0.2, 0) is 0 Å². The highest BCUT2D eigenvalue weighted by Crippen LogP contribution is 2.22. The van der Waals surface area contributed by atoms with Crippen molar-refractivity contribution in [3.05, 3.63) is 76.7 Å². The van der Waals surface area contributed by atoms with E-state index in [1.165, 1.54) is 12.4 Å². The summed E-state index contributed by atoms with van der Waals surface area (Å²) in [6, 6.07) is 8.21. The summed E-state index contributed by atoms with van der Waals surface area (Å²) in [6.07, 6.45) is 2.63. The van der Waals surface area contributed by atoms with Crippen molar-refractivity contribution >= 4 is 34.7 Å². The first-order valence-electron chi connectivity index (χ1n) is 7.54. The maximum atomic E-state index is 13.6. The summed E-state index contributed by atoms with van der Waals surface area (Å²) in [4.78, 5) is 20.2. The predicted molar refractivity (Wildman–Crippen MR) is 95.8 cm³/mol. The molecule has 0 radical (unpaired) electrons. The number of aryl methyl sites for hydroxylation is 1. The topological polar surface area (TPSA) is 66.9 Å². The first kappa shape index (κ1) is 17.8. The Labute approximate surface area is 153 Å². The monoisotopic (exact) mass is 374 g/mol. The van der Waals surface area contributed by atoms with E-state index in [4.69, 9.17) is 11.6 Å². The minimum Gasteiger partial charge on any atom is -0.339 e. The highest BCUT2D eigenvalue weighted by Gasteiger charge is 2.12. The summed E-state index contributed by atoms with van der Waals surface area (Å²) in [7, 11) is 0. The standard InChI is InChI=1S/C18H13ClF2N4O/c1-10-6-11(19)2-4-14(10)24-17-9-22-16(8-23-17)18(26)25-15-5-3-12(20)7-13(15)21/h2-9H,1H3,(H,23,24)(H,25,26). The number of carbonyl (C=O) groups is 1. The summed E-state index contributed by atoms with van der Waals surface area (Å²) in [5.74, 6) is -1.83. The second-order valence-electron chi connectivity index (χ2n) is 5.45. The minimum absolute atomic E-state index is 0.00731. The number of rotatable bonds is 4. The lowest BCUT2D eigenvalue weighted by molar-refractivity contribution is 0.102. The van der Waals surface area contributed by atoms with Crippen LogP contribution in [-0.4, -0.2) is 15.9 Å². The van der Waals surface area contributed by atoms with Crippen LogP contribution in [0.2, 0.25) is 5.02 Å². The number of aromatic nitrogens is 2. The molecule has 132 valence electrons. The fraction of sp³-hybridized carbons (Fsp3) is 0.0556. The number of halogens is 3. The number of amides is 1. The van der Waals surface area contributed by atoms with E-state index in [1.54, 1.807) is 18.2 Å². The average Bonchev–Trinajstić information content (AvgIpc) is 2.60. The molecule has 0 spiro atoms.